The number of rotatable bonds is 6. The van der Waals surface area contributed by atoms with Crippen LogP contribution >= 0.6 is 0 Å². The molecule has 3 heteroatoms. The van der Waals surface area contributed by atoms with E-state index in [4.69, 9.17) is 4.74 Å². The molecule has 0 aliphatic carbocycles. The molecule has 0 aliphatic heterocycles. The van der Waals surface area contributed by atoms with Crippen molar-refractivity contribution in [1.82, 2.24) is 5.32 Å². The summed E-state index contributed by atoms with van der Waals surface area (Å²) in [4.78, 5) is 13.0. The molecular formula is C26H29NO2. The smallest absolute Gasteiger partial charge is 0.261 e. The lowest BCUT2D eigenvalue weighted by Crippen LogP contribution is -2.39. The van der Waals surface area contributed by atoms with E-state index in [0.29, 0.717) is 0 Å². The predicted octanol–water partition coefficient (Wildman–Crippen LogP) is 5.59. The minimum Gasteiger partial charge on any atom is -0.481 e. The Labute approximate surface area is 173 Å². The van der Waals surface area contributed by atoms with Crippen LogP contribution in [0.4, 0.5) is 0 Å². The fourth-order valence-electron chi connectivity index (χ4n) is 3.39. The van der Waals surface area contributed by atoms with E-state index in [2.05, 4.69) is 49.5 Å². The first kappa shape index (κ1) is 20.7. The fraction of sp³-hybridized carbons (Fsp3) is 0.269. The van der Waals surface area contributed by atoms with Crippen LogP contribution in [-0.4, -0.2) is 12.0 Å². The van der Waals surface area contributed by atoms with E-state index in [1.54, 1.807) is 6.92 Å². The van der Waals surface area contributed by atoms with Crippen LogP contribution in [0.15, 0.2) is 66.7 Å². The van der Waals surface area contributed by atoms with Crippen LogP contribution in [0.3, 0.4) is 0 Å². The van der Waals surface area contributed by atoms with Gasteiger partial charge >= 0.3 is 0 Å². The SMILES string of the molecule is Cc1ccc([C@@H](NC(=O)[C@@H](C)Oc2cc(C)cc(C)c2C)c2ccccc2)cc1. The highest BCUT2D eigenvalue weighted by Crippen LogP contribution is 2.26. The lowest BCUT2D eigenvalue weighted by Gasteiger charge is -2.23. The van der Waals surface area contributed by atoms with E-state index >= 15 is 0 Å². The molecule has 2 atom stereocenters. The number of carbonyl (C=O) groups excluding carboxylic acids is 1. The van der Waals surface area contributed by atoms with Crippen LogP contribution < -0.4 is 10.1 Å². The second kappa shape index (κ2) is 8.95. The van der Waals surface area contributed by atoms with Crippen LogP contribution in [0, 0.1) is 27.7 Å². The molecule has 1 amide bonds. The highest BCUT2D eigenvalue weighted by molar-refractivity contribution is 5.81. The van der Waals surface area contributed by atoms with Crippen molar-refractivity contribution in [2.75, 3.05) is 0 Å². The molecule has 0 aliphatic rings. The van der Waals surface area contributed by atoms with Gasteiger partial charge in [-0.1, -0.05) is 66.2 Å². The maximum Gasteiger partial charge on any atom is 0.261 e. The lowest BCUT2D eigenvalue weighted by molar-refractivity contribution is -0.127. The Balaban J connectivity index is 1.82. The first-order chi connectivity index (χ1) is 13.8. The molecular weight excluding hydrogens is 358 g/mol. The third-order valence-electron chi connectivity index (χ3n) is 5.27. The van der Waals surface area contributed by atoms with Gasteiger partial charge in [-0.05, 0) is 68.5 Å². The van der Waals surface area contributed by atoms with Crippen LogP contribution in [0.2, 0.25) is 0 Å². The van der Waals surface area contributed by atoms with Crippen molar-refractivity contribution in [2.45, 2.75) is 46.8 Å². The Morgan fingerprint density at radius 3 is 2.10 bits per heavy atom. The topological polar surface area (TPSA) is 38.3 Å². The molecule has 0 bridgehead atoms. The van der Waals surface area contributed by atoms with Crippen LogP contribution in [0.25, 0.3) is 0 Å². The number of hydrogen-bond acceptors (Lipinski definition) is 2. The molecule has 0 aromatic heterocycles. The zero-order valence-corrected chi connectivity index (χ0v) is 17.8. The normalized spacial score (nSPS) is 12.9. The summed E-state index contributed by atoms with van der Waals surface area (Å²) in [5.41, 5.74) is 6.62. The highest BCUT2D eigenvalue weighted by atomic mass is 16.5. The average Bonchev–Trinajstić information content (AvgIpc) is 2.71. The number of ether oxygens (including phenoxy) is 1. The van der Waals surface area contributed by atoms with Crippen molar-refractivity contribution in [1.29, 1.82) is 0 Å². The van der Waals surface area contributed by atoms with Gasteiger partial charge in [0.05, 0.1) is 6.04 Å². The zero-order chi connectivity index (χ0) is 21.0. The summed E-state index contributed by atoms with van der Waals surface area (Å²) in [6.45, 7) is 9.97. The standard InChI is InChI=1S/C26H29NO2/c1-17-11-13-23(14-12-17)25(22-9-7-6-8-10-22)27-26(28)21(5)29-24-16-18(2)15-19(3)20(24)4/h6-16,21,25H,1-5H3,(H,27,28)/t21-,25+/m1/s1. The van der Waals surface area contributed by atoms with Gasteiger partial charge in [0, 0.05) is 0 Å². The summed E-state index contributed by atoms with van der Waals surface area (Å²) < 4.78 is 6.05. The van der Waals surface area contributed by atoms with Gasteiger partial charge in [0.25, 0.3) is 5.91 Å². The van der Waals surface area contributed by atoms with Crippen LogP contribution in [-0.2, 0) is 4.79 Å². The van der Waals surface area contributed by atoms with Crippen molar-refractivity contribution >= 4 is 5.91 Å². The molecule has 3 nitrogen and oxygen atoms in total. The van der Waals surface area contributed by atoms with E-state index in [9.17, 15) is 4.79 Å². The van der Waals surface area contributed by atoms with Crippen molar-refractivity contribution in [3.8, 4) is 5.75 Å². The Hall–Kier alpha value is -3.07. The third-order valence-corrected chi connectivity index (χ3v) is 5.27. The number of aryl methyl sites for hydroxylation is 3. The molecule has 3 aromatic rings. The van der Waals surface area contributed by atoms with Crippen molar-refractivity contribution < 1.29 is 9.53 Å². The molecule has 0 fully saturated rings. The molecule has 0 saturated carbocycles. The van der Waals surface area contributed by atoms with E-state index in [-0.39, 0.29) is 11.9 Å². The molecule has 29 heavy (non-hydrogen) atoms. The monoisotopic (exact) mass is 387 g/mol. The fourth-order valence-corrected chi connectivity index (χ4v) is 3.39. The third kappa shape index (κ3) is 5.05. The van der Waals surface area contributed by atoms with Crippen LogP contribution in [0.1, 0.15) is 46.3 Å². The summed E-state index contributed by atoms with van der Waals surface area (Å²) >= 11 is 0. The highest BCUT2D eigenvalue weighted by Gasteiger charge is 2.22. The van der Waals surface area contributed by atoms with Crippen LogP contribution in [0.5, 0.6) is 5.75 Å². The number of carbonyl (C=O) groups is 1. The maximum atomic E-state index is 13.0. The second-order valence-electron chi connectivity index (χ2n) is 7.73. The molecule has 0 heterocycles. The van der Waals surface area contributed by atoms with Gasteiger partial charge in [-0.2, -0.15) is 0 Å². The Bertz CT molecular complexity index is 978. The molecule has 150 valence electrons. The summed E-state index contributed by atoms with van der Waals surface area (Å²) in [5.74, 6) is 0.620. The maximum absolute atomic E-state index is 13.0. The number of benzene rings is 3. The number of hydrogen-bond donors (Lipinski definition) is 1. The molecule has 0 unspecified atom stereocenters. The summed E-state index contributed by atoms with van der Waals surface area (Å²) in [5, 5.41) is 3.17. The van der Waals surface area contributed by atoms with Gasteiger partial charge in [0.2, 0.25) is 0 Å². The first-order valence-electron chi connectivity index (χ1n) is 10.0. The average molecular weight is 388 g/mol. The minimum atomic E-state index is -0.605. The van der Waals surface area contributed by atoms with Gasteiger partial charge in [-0.3, -0.25) is 4.79 Å². The lowest BCUT2D eigenvalue weighted by atomic mass is 9.97. The summed E-state index contributed by atoms with van der Waals surface area (Å²) in [6, 6.07) is 22.2. The predicted molar refractivity (Wildman–Crippen MR) is 118 cm³/mol. The van der Waals surface area contributed by atoms with Crippen molar-refractivity contribution in [2.24, 2.45) is 0 Å². The Morgan fingerprint density at radius 1 is 0.828 bits per heavy atom. The molecule has 0 radical (unpaired) electrons. The number of nitrogens with one attached hydrogen (secondary N) is 1. The van der Waals surface area contributed by atoms with Gasteiger partial charge in [0.15, 0.2) is 6.10 Å². The molecule has 3 aromatic carbocycles. The number of amides is 1. The van der Waals surface area contributed by atoms with Gasteiger partial charge in [-0.25, -0.2) is 0 Å². The molecule has 0 saturated heterocycles. The van der Waals surface area contributed by atoms with E-state index in [1.807, 2.05) is 50.2 Å². The van der Waals surface area contributed by atoms with Crippen molar-refractivity contribution in [3.05, 3.63) is 100 Å². The Kier molecular flexibility index (Phi) is 6.38. The second-order valence-corrected chi connectivity index (χ2v) is 7.73. The summed E-state index contributed by atoms with van der Waals surface area (Å²) in [6.07, 6.45) is -0.605. The van der Waals surface area contributed by atoms with Gasteiger partial charge in [-0.15, -0.1) is 0 Å². The van der Waals surface area contributed by atoms with E-state index in [1.165, 1.54) is 5.56 Å². The largest absolute Gasteiger partial charge is 0.481 e. The summed E-state index contributed by atoms with van der Waals surface area (Å²) in [7, 11) is 0. The minimum absolute atomic E-state index is 0.141. The van der Waals surface area contributed by atoms with Crippen molar-refractivity contribution in [3.63, 3.8) is 0 Å². The van der Waals surface area contributed by atoms with E-state index in [0.717, 1.165) is 33.6 Å². The quantitative estimate of drug-likeness (QED) is 0.598. The molecule has 3 rings (SSSR count). The van der Waals surface area contributed by atoms with E-state index < -0.39 is 6.10 Å². The van der Waals surface area contributed by atoms with Gasteiger partial charge in [0.1, 0.15) is 5.75 Å². The first-order valence-corrected chi connectivity index (χ1v) is 10.0. The zero-order valence-electron chi connectivity index (χ0n) is 17.8. The van der Waals surface area contributed by atoms with Gasteiger partial charge < -0.3 is 10.1 Å². The molecule has 0 spiro atoms. The Morgan fingerprint density at radius 2 is 1.45 bits per heavy atom. The molecule has 1 N–H and O–H groups in total.